The van der Waals surface area contributed by atoms with Crippen molar-refractivity contribution < 1.29 is 14.3 Å². The van der Waals surface area contributed by atoms with E-state index in [-0.39, 0.29) is 5.97 Å². The van der Waals surface area contributed by atoms with Crippen LogP contribution < -0.4 is 10.1 Å². The maximum absolute atomic E-state index is 11.2. The minimum Gasteiger partial charge on any atom is -0.490 e. The second-order valence-electron chi connectivity index (χ2n) is 7.36. The van der Waals surface area contributed by atoms with Gasteiger partial charge < -0.3 is 14.8 Å². The summed E-state index contributed by atoms with van der Waals surface area (Å²) < 4.78 is 10.7. The highest BCUT2D eigenvalue weighted by molar-refractivity contribution is 5.69. The molecule has 1 aliphatic heterocycles. The number of carbonyl (C=O) groups excluding carboxylic acids is 1. The van der Waals surface area contributed by atoms with E-state index >= 15 is 0 Å². The summed E-state index contributed by atoms with van der Waals surface area (Å²) in [5, 5.41) is 3.44. The first-order valence-electron chi connectivity index (χ1n) is 9.22. The molecule has 1 N–H and O–H groups in total. The maximum atomic E-state index is 11.2. The Morgan fingerprint density at radius 1 is 1.29 bits per heavy atom. The SMILES string of the molecule is C1CC1.COC(=O)CCc1cccc(OC2CC3(CCNC3)C2)c1. The third kappa shape index (κ3) is 4.97. The molecule has 4 rings (SSSR count). The van der Waals surface area contributed by atoms with Crippen LogP contribution in [-0.2, 0) is 16.0 Å². The molecule has 1 heterocycles. The largest absolute Gasteiger partial charge is 0.490 e. The van der Waals surface area contributed by atoms with E-state index in [0.29, 0.717) is 24.4 Å². The first-order valence-corrected chi connectivity index (χ1v) is 9.22. The van der Waals surface area contributed by atoms with E-state index in [2.05, 4.69) is 10.1 Å². The van der Waals surface area contributed by atoms with Crippen LogP contribution in [0.2, 0.25) is 0 Å². The molecule has 2 saturated carbocycles. The summed E-state index contributed by atoms with van der Waals surface area (Å²) in [6.07, 6.45) is 9.56. The lowest BCUT2D eigenvalue weighted by Crippen LogP contribution is -2.45. The summed E-state index contributed by atoms with van der Waals surface area (Å²) in [7, 11) is 1.42. The van der Waals surface area contributed by atoms with Gasteiger partial charge in [0.15, 0.2) is 0 Å². The van der Waals surface area contributed by atoms with E-state index in [4.69, 9.17) is 4.74 Å². The minimum absolute atomic E-state index is 0.170. The highest BCUT2D eigenvalue weighted by Gasteiger charge is 2.47. The predicted octanol–water partition coefficient (Wildman–Crippen LogP) is 3.48. The number of carbonyl (C=O) groups is 1. The summed E-state index contributed by atoms with van der Waals surface area (Å²) in [5.74, 6) is 0.749. The molecule has 4 heteroatoms. The number of nitrogens with one attached hydrogen (secondary N) is 1. The van der Waals surface area contributed by atoms with Crippen LogP contribution in [0.25, 0.3) is 0 Å². The number of hydrogen-bond donors (Lipinski definition) is 1. The molecule has 0 bridgehead atoms. The van der Waals surface area contributed by atoms with Crippen molar-refractivity contribution >= 4 is 5.97 Å². The van der Waals surface area contributed by atoms with Gasteiger partial charge in [0.2, 0.25) is 0 Å². The van der Waals surface area contributed by atoms with Gasteiger partial charge >= 0.3 is 5.97 Å². The van der Waals surface area contributed by atoms with Gasteiger partial charge in [0.25, 0.3) is 0 Å². The Hall–Kier alpha value is -1.55. The molecule has 0 unspecified atom stereocenters. The number of aryl methyl sites for hydroxylation is 1. The van der Waals surface area contributed by atoms with E-state index in [0.717, 1.165) is 37.2 Å². The molecule has 3 fully saturated rings. The van der Waals surface area contributed by atoms with Crippen LogP contribution in [0, 0.1) is 5.41 Å². The highest BCUT2D eigenvalue weighted by atomic mass is 16.5. The van der Waals surface area contributed by atoms with Crippen molar-refractivity contribution in [2.45, 2.75) is 57.5 Å². The fourth-order valence-corrected chi connectivity index (χ4v) is 3.45. The monoisotopic (exact) mass is 331 g/mol. The first kappa shape index (κ1) is 17.3. The van der Waals surface area contributed by atoms with Crippen molar-refractivity contribution in [2.24, 2.45) is 5.41 Å². The molecule has 0 atom stereocenters. The average Bonchev–Trinajstić information content (AvgIpc) is 3.38. The molecule has 1 saturated heterocycles. The van der Waals surface area contributed by atoms with E-state index in [1.807, 2.05) is 24.3 Å². The lowest BCUT2D eigenvalue weighted by molar-refractivity contribution is -0.140. The molecule has 0 amide bonds. The number of esters is 1. The van der Waals surface area contributed by atoms with Crippen molar-refractivity contribution in [1.29, 1.82) is 0 Å². The van der Waals surface area contributed by atoms with Crippen LogP contribution in [0.5, 0.6) is 5.75 Å². The molecule has 3 aliphatic rings. The normalized spacial score (nSPS) is 27.0. The summed E-state index contributed by atoms with van der Waals surface area (Å²) in [6.45, 7) is 2.29. The zero-order valence-corrected chi connectivity index (χ0v) is 14.7. The molecule has 0 radical (unpaired) electrons. The van der Waals surface area contributed by atoms with E-state index in [1.165, 1.54) is 32.8 Å². The number of methoxy groups -OCH3 is 1. The van der Waals surface area contributed by atoms with Gasteiger partial charge in [-0.2, -0.15) is 0 Å². The molecule has 2 aliphatic carbocycles. The Labute approximate surface area is 144 Å². The Balaban J connectivity index is 0.000000508. The minimum atomic E-state index is -0.170. The summed E-state index contributed by atoms with van der Waals surface area (Å²) in [5.41, 5.74) is 1.63. The molecule has 1 aromatic rings. The van der Waals surface area contributed by atoms with Crippen LogP contribution in [0.1, 0.15) is 50.5 Å². The average molecular weight is 331 g/mol. The van der Waals surface area contributed by atoms with Gasteiger partial charge in [-0.05, 0) is 55.3 Å². The lowest BCUT2D eigenvalue weighted by Gasteiger charge is -2.44. The van der Waals surface area contributed by atoms with Gasteiger partial charge in [-0.15, -0.1) is 0 Å². The van der Waals surface area contributed by atoms with Gasteiger partial charge in [-0.25, -0.2) is 0 Å². The van der Waals surface area contributed by atoms with E-state index < -0.39 is 0 Å². The fourth-order valence-electron chi connectivity index (χ4n) is 3.45. The molecular formula is C20H29NO3. The van der Waals surface area contributed by atoms with Crippen molar-refractivity contribution in [3.8, 4) is 5.75 Å². The van der Waals surface area contributed by atoms with E-state index in [9.17, 15) is 4.79 Å². The van der Waals surface area contributed by atoms with Crippen molar-refractivity contribution in [1.82, 2.24) is 5.32 Å². The van der Waals surface area contributed by atoms with Crippen molar-refractivity contribution in [3.63, 3.8) is 0 Å². The topological polar surface area (TPSA) is 47.6 Å². The third-order valence-electron chi connectivity index (χ3n) is 5.05. The summed E-state index contributed by atoms with van der Waals surface area (Å²) >= 11 is 0. The van der Waals surface area contributed by atoms with Gasteiger partial charge in [-0.1, -0.05) is 31.4 Å². The van der Waals surface area contributed by atoms with Gasteiger partial charge in [0, 0.05) is 13.0 Å². The zero-order chi connectivity index (χ0) is 16.8. The fraction of sp³-hybridized carbons (Fsp3) is 0.650. The van der Waals surface area contributed by atoms with Crippen LogP contribution in [0.4, 0.5) is 0 Å². The van der Waals surface area contributed by atoms with Crippen molar-refractivity contribution in [3.05, 3.63) is 29.8 Å². The standard InChI is InChI=1S/C17H23NO3.C3H6/c1-20-16(19)6-5-13-3-2-4-14(9-13)21-15-10-17(11-15)7-8-18-12-17;1-2-3-1/h2-4,9,15,18H,5-8,10-12H2,1H3;1-3H2. The Kier molecular flexibility index (Phi) is 5.77. The molecule has 1 spiro atoms. The Morgan fingerprint density at radius 2 is 2.08 bits per heavy atom. The molecular weight excluding hydrogens is 302 g/mol. The Morgan fingerprint density at radius 3 is 2.71 bits per heavy atom. The first-order chi connectivity index (χ1) is 11.7. The Bertz CT molecular complexity index is 539. The third-order valence-corrected chi connectivity index (χ3v) is 5.05. The number of benzene rings is 1. The smallest absolute Gasteiger partial charge is 0.305 e. The summed E-state index contributed by atoms with van der Waals surface area (Å²) in [6, 6.07) is 8.06. The van der Waals surface area contributed by atoms with Crippen LogP contribution >= 0.6 is 0 Å². The quantitative estimate of drug-likeness (QED) is 0.839. The molecule has 1 aromatic carbocycles. The molecule has 0 aromatic heterocycles. The van der Waals surface area contributed by atoms with Crippen LogP contribution in [0.15, 0.2) is 24.3 Å². The van der Waals surface area contributed by atoms with E-state index in [1.54, 1.807) is 0 Å². The molecule has 4 nitrogen and oxygen atoms in total. The van der Waals surface area contributed by atoms with Crippen LogP contribution in [0.3, 0.4) is 0 Å². The predicted molar refractivity (Wildman–Crippen MR) is 94.2 cm³/mol. The maximum Gasteiger partial charge on any atom is 0.305 e. The second kappa shape index (κ2) is 8.02. The highest BCUT2D eigenvalue weighted by Crippen LogP contribution is 2.47. The molecule has 24 heavy (non-hydrogen) atoms. The summed E-state index contributed by atoms with van der Waals surface area (Å²) in [4.78, 5) is 11.2. The number of hydrogen-bond acceptors (Lipinski definition) is 4. The molecule has 132 valence electrons. The van der Waals surface area contributed by atoms with Gasteiger partial charge in [-0.3, -0.25) is 4.79 Å². The number of ether oxygens (including phenoxy) is 2. The van der Waals surface area contributed by atoms with Crippen molar-refractivity contribution in [2.75, 3.05) is 20.2 Å². The second-order valence-corrected chi connectivity index (χ2v) is 7.36. The van der Waals surface area contributed by atoms with Gasteiger partial charge in [0.1, 0.15) is 5.75 Å². The zero-order valence-electron chi connectivity index (χ0n) is 14.7. The lowest BCUT2D eigenvalue weighted by atomic mass is 9.66. The van der Waals surface area contributed by atoms with Crippen LogP contribution in [-0.4, -0.2) is 32.3 Å². The number of rotatable bonds is 5. The van der Waals surface area contributed by atoms with Gasteiger partial charge in [0.05, 0.1) is 13.2 Å².